The molecule has 104 valence electrons. The van der Waals surface area contributed by atoms with Crippen molar-refractivity contribution in [2.45, 2.75) is 42.8 Å². The predicted octanol–water partition coefficient (Wildman–Crippen LogP) is 3.15. The lowest BCUT2D eigenvalue weighted by atomic mass is 10.2. The van der Waals surface area contributed by atoms with Crippen LogP contribution in [0, 0.1) is 0 Å². The highest BCUT2D eigenvalue weighted by Gasteiger charge is 2.22. The van der Waals surface area contributed by atoms with Crippen LogP contribution in [0.25, 0.3) is 0 Å². The SMILES string of the molecule is CC(Sc1ccccc1N)C(=O)N1CCCCCC1. The van der Waals surface area contributed by atoms with Crippen molar-refractivity contribution >= 4 is 23.4 Å². The van der Waals surface area contributed by atoms with E-state index in [1.165, 1.54) is 12.8 Å². The molecule has 0 aliphatic carbocycles. The number of amides is 1. The van der Waals surface area contributed by atoms with Crippen LogP contribution in [0.3, 0.4) is 0 Å². The molecular formula is C15H22N2OS. The zero-order chi connectivity index (χ0) is 13.7. The van der Waals surface area contributed by atoms with E-state index in [4.69, 9.17) is 5.73 Å². The Hall–Kier alpha value is -1.16. The van der Waals surface area contributed by atoms with E-state index in [2.05, 4.69) is 0 Å². The second-order valence-electron chi connectivity index (χ2n) is 5.04. The highest BCUT2D eigenvalue weighted by Crippen LogP contribution is 2.29. The molecule has 1 atom stereocenters. The summed E-state index contributed by atoms with van der Waals surface area (Å²) in [6.45, 7) is 3.80. The summed E-state index contributed by atoms with van der Waals surface area (Å²) in [6.07, 6.45) is 4.76. The number of nitrogen functional groups attached to an aromatic ring is 1. The quantitative estimate of drug-likeness (QED) is 0.682. The largest absolute Gasteiger partial charge is 0.398 e. The number of hydrogen-bond acceptors (Lipinski definition) is 3. The maximum absolute atomic E-state index is 12.4. The molecular weight excluding hydrogens is 256 g/mol. The van der Waals surface area contributed by atoms with E-state index in [1.54, 1.807) is 11.8 Å². The minimum Gasteiger partial charge on any atom is -0.398 e. The van der Waals surface area contributed by atoms with E-state index in [9.17, 15) is 4.79 Å². The molecule has 0 bridgehead atoms. The maximum Gasteiger partial charge on any atom is 0.235 e. The van der Waals surface area contributed by atoms with Gasteiger partial charge in [-0.3, -0.25) is 4.79 Å². The number of carbonyl (C=O) groups is 1. The number of nitrogens with two attached hydrogens (primary N) is 1. The Labute approximate surface area is 119 Å². The second kappa shape index (κ2) is 6.85. The van der Waals surface area contributed by atoms with E-state index in [0.717, 1.165) is 36.5 Å². The van der Waals surface area contributed by atoms with Gasteiger partial charge in [-0.05, 0) is 31.9 Å². The maximum atomic E-state index is 12.4. The van der Waals surface area contributed by atoms with Crippen LogP contribution < -0.4 is 5.73 Å². The first-order valence-electron chi connectivity index (χ1n) is 6.98. The summed E-state index contributed by atoms with van der Waals surface area (Å²) >= 11 is 1.56. The third-order valence-corrected chi connectivity index (χ3v) is 4.67. The average molecular weight is 278 g/mol. The van der Waals surface area contributed by atoms with Gasteiger partial charge in [-0.1, -0.05) is 25.0 Å². The van der Waals surface area contributed by atoms with E-state index in [-0.39, 0.29) is 11.2 Å². The number of para-hydroxylation sites is 1. The fraction of sp³-hybridized carbons (Fsp3) is 0.533. The number of benzene rings is 1. The number of rotatable bonds is 3. The number of nitrogens with zero attached hydrogens (tertiary/aromatic N) is 1. The Kier molecular flexibility index (Phi) is 5.14. The van der Waals surface area contributed by atoms with Crippen LogP contribution in [0.2, 0.25) is 0 Å². The molecule has 19 heavy (non-hydrogen) atoms. The molecule has 1 aromatic carbocycles. The first-order chi connectivity index (χ1) is 9.18. The zero-order valence-electron chi connectivity index (χ0n) is 11.5. The summed E-state index contributed by atoms with van der Waals surface area (Å²) in [4.78, 5) is 15.4. The van der Waals surface area contributed by atoms with Crippen LogP contribution in [0.5, 0.6) is 0 Å². The summed E-state index contributed by atoms with van der Waals surface area (Å²) in [5.41, 5.74) is 6.68. The number of carbonyl (C=O) groups excluding carboxylic acids is 1. The van der Waals surface area contributed by atoms with Gasteiger partial charge in [0, 0.05) is 23.7 Å². The van der Waals surface area contributed by atoms with Gasteiger partial charge < -0.3 is 10.6 Å². The molecule has 0 radical (unpaired) electrons. The van der Waals surface area contributed by atoms with Crippen molar-refractivity contribution in [3.63, 3.8) is 0 Å². The second-order valence-corrected chi connectivity index (χ2v) is 6.42. The standard InChI is InChI=1S/C15H22N2OS/c1-12(19-14-9-5-4-8-13(14)16)15(18)17-10-6-2-3-7-11-17/h4-5,8-9,12H,2-3,6-7,10-11,16H2,1H3. The lowest BCUT2D eigenvalue weighted by Crippen LogP contribution is -2.37. The van der Waals surface area contributed by atoms with Gasteiger partial charge in [0.05, 0.1) is 5.25 Å². The molecule has 4 heteroatoms. The van der Waals surface area contributed by atoms with Crippen molar-refractivity contribution < 1.29 is 4.79 Å². The molecule has 1 saturated heterocycles. The molecule has 0 saturated carbocycles. The number of likely N-dealkylation sites (tertiary alicyclic amines) is 1. The molecule has 1 unspecified atom stereocenters. The average Bonchev–Trinajstić information content (AvgIpc) is 2.69. The molecule has 0 aromatic heterocycles. The smallest absolute Gasteiger partial charge is 0.235 e. The molecule has 1 amide bonds. The van der Waals surface area contributed by atoms with Crippen LogP contribution in [0.1, 0.15) is 32.6 Å². The Balaban J connectivity index is 1.97. The normalized spacial score (nSPS) is 17.8. The molecule has 3 nitrogen and oxygen atoms in total. The Morgan fingerprint density at radius 1 is 1.21 bits per heavy atom. The minimum atomic E-state index is -0.0669. The van der Waals surface area contributed by atoms with Crippen molar-refractivity contribution in [1.29, 1.82) is 0 Å². The predicted molar refractivity (Wildman–Crippen MR) is 81.2 cm³/mol. The van der Waals surface area contributed by atoms with Gasteiger partial charge in [0.15, 0.2) is 0 Å². The Morgan fingerprint density at radius 2 is 1.84 bits per heavy atom. The van der Waals surface area contributed by atoms with Crippen LogP contribution in [0.15, 0.2) is 29.2 Å². The first kappa shape index (κ1) is 14.3. The lowest BCUT2D eigenvalue weighted by Gasteiger charge is -2.24. The lowest BCUT2D eigenvalue weighted by molar-refractivity contribution is -0.130. The summed E-state index contributed by atoms with van der Waals surface area (Å²) in [6, 6.07) is 7.74. The van der Waals surface area contributed by atoms with Gasteiger partial charge in [0.25, 0.3) is 0 Å². The van der Waals surface area contributed by atoms with E-state index in [0.29, 0.717) is 0 Å². The van der Waals surface area contributed by atoms with E-state index >= 15 is 0 Å². The van der Waals surface area contributed by atoms with Crippen molar-refractivity contribution in [3.05, 3.63) is 24.3 Å². The first-order valence-corrected chi connectivity index (χ1v) is 7.86. The Bertz CT molecular complexity index is 428. The fourth-order valence-electron chi connectivity index (χ4n) is 2.38. The van der Waals surface area contributed by atoms with Gasteiger partial charge in [-0.2, -0.15) is 0 Å². The van der Waals surface area contributed by atoms with E-state index in [1.807, 2.05) is 36.1 Å². The number of anilines is 1. The molecule has 1 fully saturated rings. The van der Waals surface area contributed by atoms with Gasteiger partial charge in [0.1, 0.15) is 0 Å². The molecule has 1 aromatic rings. The topological polar surface area (TPSA) is 46.3 Å². The van der Waals surface area contributed by atoms with Crippen LogP contribution >= 0.6 is 11.8 Å². The molecule has 2 N–H and O–H groups in total. The molecule has 1 heterocycles. The zero-order valence-corrected chi connectivity index (χ0v) is 12.3. The van der Waals surface area contributed by atoms with Gasteiger partial charge in [-0.25, -0.2) is 0 Å². The van der Waals surface area contributed by atoms with Crippen LogP contribution in [-0.2, 0) is 4.79 Å². The van der Waals surface area contributed by atoms with Gasteiger partial charge in [-0.15, -0.1) is 11.8 Å². The Morgan fingerprint density at radius 3 is 2.47 bits per heavy atom. The molecule has 1 aliphatic heterocycles. The number of thioether (sulfide) groups is 1. The third kappa shape index (κ3) is 3.90. The fourth-order valence-corrected chi connectivity index (χ4v) is 3.37. The van der Waals surface area contributed by atoms with Crippen LogP contribution in [-0.4, -0.2) is 29.1 Å². The van der Waals surface area contributed by atoms with Crippen molar-refractivity contribution in [2.24, 2.45) is 0 Å². The molecule has 1 aliphatic rings. The summed E-state index contributed by atoms with van der Waals surface area (Å²) in [7, 11) is 0. The van der Waals surface area contributed by atoms with Crippen molar-refractivity contribution in [1.82, 2.24) is 4.90 Å². The molecule has 0 spiro atoms. The van der Waals surface area contributed by atoms with E-state index < -0.39 is 0 Å². The van der Waals surface area contributed by atoms with Gasteiger partial charge in [0.2, 0.25) is 5.91 Å². The number of hydrogen-bond donors (Lipinski definition) is 1. The minimum absolute atomic E-state index is 0.0669. The highest BCUT2D eigenvalue weighted by atomic mass is 32.2. The van der Waals surface area contributed by atoms with Crippen molar-refractivity contribution in [3.8, 4) is 0 Å². The van der Waals surface area contributed by atoms with Crippen LogP contribution in [0.4, 0.5) is 5.69 Å². The summed E-state index contributed by atoms with van der Waals surface area (Å²) < 4.78 is 0. The monoisotopic (exact) mass is 278 g/mol. The highest BCUT2D eigenvalue weighted by molar-refractivity contribution is 8.00. The summed E-state index contributed by atoms with van der Waals surface area (Å²) in [5.74, 6) is 0.246. The summed E-state index contributed by atoms with van der Waals surface area (Å²) in [5, 5.41) is -0.0669. The van der Waals surface area contributed by atoms with Gasteiger partial charge >= 0.3 is 0 Å². The third-order valence-electron chi connectivity index (χ3n) is 3.49. The van der Waals surface area contributed by atoms with Crippen molar-refractivity contribution in [2.75, 3.05) is 18.8 Å². The molecule has 2 rings (SSSR count).